The van der Waals surface area contributed by atoms with Crippen LogP contribution in [0.1, 0.15) is 19.3 Å². The minimum absolute atomic E-state index is 0.145. The maximum absolute atomic E-state index is 12.3. The van der Waals surface area contributed by atoms with Crippen LogP contribution in [0.25, 0.3) is 0 Å². The molecule has 1 radical (unpaired) electrons. The summed E-state index contributed by atoms with van der Waals surface area (Å²) in [5, 5.41) is 91.2. The van der Waals surface area contributed by atoms with Crippen LogP contribution in [-0.2, 0) is 14.3 Å². The van der Waals surface area contributed by atoms with Crippen LogP contribution in [0.4, 0.5) is 0 Å². The molecule has 0 aromatic carbocycles. The number of hydroxylamine groups is 2. The Kier molecular flexibility index (Phi) is 9.87. The molecule has 14 heteroatoms. The SMILES string of the molecule is NCCCC[C@]([C]=O)(C1O[C@H](CO)[C@@H](O)[C@H](O)[C@H]1O)N(O)C1O[C@H](CO)[C@H](O)[C@H](O)[C@H]1O. The molecule has 14 nitrogen and oxygen atoms in total. The minimum Gasteiger partial charge on any atom is -0.394 e. The number of hydrogen-bond acceptors (Lipinski definition) is 14. The van der Waals surface area contributed by atoms with E-state index in [0.29, 0.717) is 6.42 Å². The van der Waals surface area contributed by atoms with E-state index in [1.165, 1.54) is 0 Å². The molecule has 0 spiro atoms. The minimum atomic E-state index is -2.35. The first-order chi connectivity index (χ1) is 15.1. The predicted octanol–water partition coefficient (Wildman–Crippen LogP) is -5.70. The summed E-state index contributed by atoms with van der Waals surface area (Å²) in [6.07, 6.45) is -15.9. The van der Waals surface area contributed by atoms with Crippen molar-refractivity contribution >= 4 is 6.29 Å². The topological polar surface area (TPSA) is 247 Å². The Bertz CT molecular complexity index is 598. The first-order valence-corrected chi connectivity index (χ1v) is 10.3. The van der Waals surface area contributed by atoms with Crippen molar-refractivity contribution in [2.45, 2.75) is 86.0 Å². The van der Waals surface area contributed by atoms with E-state index in [1.54, 1.807) is 6.29 Å². The van der Waals surface area contributed by atoms with Gasteiger partial charge in [0.15, 0.2) is 6.23 Å². The maximum Gasteiger partial charge on any atom is 0.225 e. The molecule has 0 amide bonds. The van der Waals surface area contributed by atoms with Crippen molar-refractivity contribution in [2.24, 2.45) is 5.73 Å². The maximum atomic E-state index is 12.3. The molecule has 2 heterocycles. The summed E-state index contributed by atoms with van der Waals surface area (Å²) < 4.78 is 10.8. The molecule has 0 aliphatic carbocycles. The molecule has 11 atom stereocenters. The number of aliphatic hydroxyl groups is 8. The Morgan fingerprint density at radius 1 is 0.812 bits per heavy atom. The molecule has 32 heavy (non-hydrogen) atoms. The smallest absolute Gasteiger partial charge is 0.225 e. The third-order valence-electron chi connectivity index (χ3n) is 6.07. The van der Waals surface area contributed by atoms with E-state index in [4.69, 9.17) is 15.2 Å². The summed E-state index contributed by atoms with van der Waals surface area (Å²) >= 11 is 0. The van der Waals surface area contributed by atoms with Gasteiger partial charge in [-0.2, -0.15) is 0 Å². The van der Waals surface area contributed by atoms with Crippen molar-refractivity contribution in [3.63, 3.8) is 0 Å². The second-order valence-electron chi connectivity index (χ2n) is 8.09. The second kappa shape index (κ2) is 11.5. The van der Waals surface area contributed by atoms with E-state index < -0.39 is 79.9 Å². The lowest BCUT2D eigenvalue weighted by molar-refractivity contribution is -0.360. The van der Waals surface area contributed by atoms with Crippen LogP contribution < -0.4 is 5.73 Å². The molecule has 11 N–H and O–H groups in total. The van der Waals surface area contributed by atoms with Crippen LogP contribution in [0.5, 0.6) is 0 Å². The number of carbonyl (C=O) groups excluding carboxylic acids is 1. The van der Waals surface area contributed by atoms with Gasteiger partial charge in [0.05, 0.1) is 13.2 Å². The molecule has 0 saturated carbocycles. The molecule has 2 aliphatic heterocycles. The number of ether oxygens (including phenoxy) is 2. The Hall–Kier alpha value is -0.850. The van der Waals surface area contributed by atoms with Crippen LogP contribution in [0.2, 0.25) is 0 Å². The molecule has 0 bridgehead atoms. The summed E-state index contributed by atoms with van der Waals surface area (Å²) in [5.41, 5.74) is 3.13. The van der Waals surface area contributed by atoms with Crippen LogP contribution in [0.15, 0.2) is 0 Å². The zero-order chi connectivity index (χ0) is 24.2. The quantitative estimate of drug-likeness (QED) is 0.106. The normalized spacial score (nSPS) is 42.6. The Morgan fingerprint density at radius 2 is 1.34 bits per heavy atom. The molecule has 187 valence electrons. The fraction of sp³-hybridized carbons (Fsp3) is 0.944. The molecule has 0 aromatic rings. The van der Waals surface area contributed by atoms with Crippen molar-refractivity contribution in [1.82, 2.24) is 5.06 Å². The molecule has 2 rings (SSSR count). The Balaban J connectivity index is 2.47. The van der Waals surface area contributed by atoms with Gasteiger partial charge in [-0.05, 0) is 25.8 Å². The third-order valence-corrected chi connectivity index (χ3v) is 6.07. The van der Waals surface area contributed by atoms with Gasteiger partial charge in [-0.25, -0.2) is 0 Å². The zero-order valence-electron chi connectivity index (χ0n) is 17.3. The lowest BCUT2D eigenvalue weighted by atomic mass is 9.79. The van der Waals surface area contributed by atoms with Gasteiger partial charge in [0, 0.05) is 0 Å². The summed E-state index contributed by atoms with van der Waals surface area (Å²) in [7, 11) is 0. The number of hydrogen-bond donors (Lipinski definition) is 10. The van der Waals surface area contributed by atoms with Crippen molar-refractivity contribution < 1.29 is 60.3 Å². The van der Waals surface area contributed by atoms with Gasteiger partial charge in [-0.1, -0.05) is 0 Å². The van der Waals surface area contributed by atoms with E-state index in [2.05, 4.69) is 0 Å². The molecule has 2 aliphatic rings. The van der Waals surface area contributed by atoms with Crippen LogP contribution in [-0.4, -0.2) is 144 Å². The van der Waals surface area contributed by atoms with Gasteiger partial charge in [0.25, 0.3) is 0 Å². The van der Waals surface area contributed by atoms with E-state index in [0.717, 1.165) is 0 Å². The molecule has 2 fully saturated rings. The van der Waals surface area contributed by atoms with Gasteiger partial charge >= 0.3 is 0 Å². The van der Waals surface area contributed by atoms with E-state index in [1.807, 2.05) is 0 Å². The van der Waals surface area contributed by atoms with E-state index in [9.17, 15) is 50.9 Å². The first-order valence-electron chi connectivity index (χ1n) is 10.3. The Labute approximate surface area is 184 Å². The lowest BCUT2D eigenvalue weighted by Gasteiger charge is -2.52. The zero-order valence-corrected chi connectivity index (χ0v) is 17.3. The van der Waals surface area contributed by atoms with Crippen molar-refractivity contribution in [3.05, 3.63) is 0 Å². The number of aliphatic hydroxyl groups excluding tert-OH is 8. The summed E-state index contributed by atoms with van der Waals surface area (Å²) in [6.45, 7) is -1.40. The van der Waals surface area contributed by atoms with Gasteiger partial charge in [-0.15, -0.1) is 5.06 Å². The summed E-state index contributed by atoms with van der Waals surface area (Å²) in [4.78, 5) is 12.3. The standard InChI is InChI=1S/C18H33N2O12/c19-4-2-1-3-18(7-23,16-14(28)12(26)10(24)8(5-21)31-16)20(30)17-15(29)13(27)11(25)9(6-22)32-17/h8-17,21-22,24-30H,1-6,19H2/t8-,9-,10-,11+,12+,13+,14-,15-,16?,17?,18+/m1/s1. The van der Waals surface area contributed by atoms with Crippen molar-refractivity contribution in [2.75, 3.05) is 19.8 Å². The van der Waals surface area contributed by atoms with Crippen LogP contribution >= 0.6 is 0 Å². The highest BCUT2D eigenvalue weighted by atomic mass is 16.6. The first kappa shape index (κ1) is 27.4. The van der Waals surface area contributed by atoms with Crippen LogP contribution in [0, 0.1) is 0 Å². The van der Waals surface area contributed by atoms with E-state index in [-0.39, 0.29) is 24.4 Å². The highest BCUT2D eigenvalue weighted by molar-refractivity contribution is 5.66. The predicted molar refractivity (Wildman–Crippen MR) is 102 cm³/mol. The lowest BCUT2D eigenvalue weighted by Crippen LogP contribution is -2.74. The molecule has 2 saturated heterocycles. The number of rotatable bonds is 10. The average Bonchev–Trinajstić information content (AvgIpc) is 2.79. The summed E-state index contributed by atoms with van der Waals surface area (Å²) in [5.74, 6) is 0. The van der Waals surface area contributed by atoms with Crippen molar-refractivity contribution in [3.8, 4) is 0 Å². The van der Waals surface area contributed by atoms with Gasteiger partial charge in [0.1, 0.15) is 60.5 Å². The molecular formula is C18H33N2O12. The number of nitrogens with zero attached hydrogens (tertiary/aromatic N) is 1. The van der Waals surface area contributed by atoms with Crippen LogP contribution in [0.3, 0.4) is 0 Å². The molecular weight excluding hydrogens is 436 g/mol. The largest absolute Gasteiger partial charge is 0.394 e. The number of unbranched alkanes of at least 4 members (excludes halogenated alkanes) is 1. The van der Waals surface area contributed by atoms with Gasteiger partial charge in [0.2, 0.25) is 6.29 Å². The molecule has 2 unspecified atom stereocenters. The summed E-state index contributed by atoms with van der Waals surface area (Å²) in [6, 6.07) is 0. The monoisotopic (exact) mass is 469 g/mol. The average molecular weight is 469 g/mol. The third kappa shape index (κ3) is 4.97. The van der Waals surface area contributed by atoms with Gasteiger partial charge < -0.3 is 61.3 Å². The highest BCUT2D eigenvalue weighted by Crippen LogP contribution is 2.37. The highest BCUT2D eigenvalue weighted by Gasteiger charge is 2.59. The Morgan fingerprint density at radius 3 is 1.84 bits per heavy atom. The second-order valence-corrected chi connectivity index (χ2v) is 8.09. The number of nitrogens with two attached hydrogens (primary N) is 1. The van der Waals surface area contributed by atoms with E-state index >= 15 is 0 Å². The van der Waals surface area contributed by atoms with Crippen molar-refractivity contribution in [1.29, 1.82) is 0 Å². The molecule has 0 aromatic heterocycles. The van der Waals surface area contributed by atoms with Gasteiger partial charge in [-0.3, -0.25) is 4.79 Å². The fourth-order valence-electron chi connectivity index (χ4n) is 4.09. The fourth-order valence-corrected chi connectivity index (χ4v) is 4.09.